The molecule has 0 radical (unpaired) electrons. The second-order valence-corrected chi connectivity index (χ2v) is 9.82. The summed E-state index contributed by atoms with van der Waals surface area (Å²) in [6, 6.07) is 9.90. The van der Waals surface area contributed by atoms with Gasteiger partial charge in [0, 0.05) is 17.6 Å². The number of rotatable bonds is 9. The maximum Gasteiger partial charge on any atom is 0.251 e. The van der Waals surface area contributed by atoms with E-state index in [4.69, 9.17) is 16.3 Å². The number of unbranched alkanes of at least 4 members (excludes halogenated alkanes) is 1. The number of benzene rings is 2. The summed E-state index contributed by atoms with van der Waals surface area (Å²) in [5, 5.41) is 2.79. The van der Waals surface area contributed by atoms with Crippen LogP contribution in [0.3, 0.4) is 0 Å². The van der Waals surface area contributed by atoms with E-state index in [9.17, 15) is 17.6 Å². The van der Waals surface area contributed by atoms with E-state index in [-0.39, 0.29) is 21.3 Å². The predicted molar refractivity (Wildman–Crippen MR) is 115 cm³/mol. The highest BCUT2D eigenvalue weighted by Gasteiger charge is 2.25. The zero-order valence-electron chi connectivity index (χ0n) is 17.2. The topological polar surface area (TPSA) is 84.5 Å². The summed E-state index contributed by atoms with van der Waals surface area (Å²) >= 11 is 6.05. The molecule has 0 aromatic heterocycles. The molecule has 2 N–H and O–H groups in total. The molecular weight excluding hydrogens is 431 g/mol. The fraction of sp³-hybridized carbons (Fsp3) is 0.381. The zero-order chi connectivity index (χ0) is 22.4. The van der Waals surface area contributed by atoms with E-state index in [2.05, 4.69) is 10.0 Å². The minimum absolute atomic E-state index is 0.0428. The van der Waals surface area contributed by atoms with Gasteiger partial charge in [-0.2, -0.15) is 0 Å². The smallest absolute Gasteiger partial charge is 0.251 e. The standard InChI is InChI=1S/C21H26ClFN2O4S/c1-21(2,3)25-30(27,28)19-14-15(6-11-18(19)22)20(26)24-12-4-5-13-29-17-9-7-16(23)8-10-17/h6-11,14,25H,4-5,12-13H2,1-3H3,(H,24,26). The molecule has 0 fully saturated rings. The Morgan fingerprint density at radius 3 is 2.40 bits per heavy atom. The van der Waals surface area contributed by atoms with Crippen LogP contribution in [0.1, 0.15) is 44.0 Å². The highest BCUT2D eigenvalue weighted by atomic mass is 35.5. The quantitative estimate of drug-likeness (QED) is 0.555. The lowest BCUT2D eigenvalue weighted by Gasteiger charge is -2.21. The van der Waals surface area contributed by atoms with Gasteiger partial charge in [-0.25, -0.2) is 17.5 Å². The van der Waals surface area contributed by atoms with Crippen LogP contribution in [0, 0.1) is 5.82 Å². The first kappa shape index (κ1) is 24.1. The van der Waals surface area contributed by atoms with E-state index in [0.717, 1.165) is 0 Å². The molecular formula is C21H26ClFN2O4S. The summed E-state index contributed by atoms with van der Waals surface area (Å²) in [7, 11) is -3.87. The molecule has 0 saturated carbocycles. The van der Waals surface area contributed by atoms with Crippen molar-refractivity contribution in [3.63, 3.8) is 0 Å². The van der Waals surface area contributed by atoms with Gasteiger partial charge in [-0.15, -0.1) is 0 Å². The van der Waals surface area contributed by atoms with Gasteiger partial charge in [-0.05, 0) is 76.1 Å². The van der Waals surface area contributed by atoms with Crippen LogP contribution in [0.4, 0.5) is 4.39 Å². The SMILES string of the molecule is CC(C)(C)NS(=O)(=O)c1cc(C(=O)NCCCCOc2ccc(F)cc2)ccc1Cl. The van der Waals surface area contributed by atoms with Crippen molar-refractivity contribution >= 4 is 27.5 Å². The summed E-state index contributed by atoms with van der Waals surface area (Å²) < 4.78 is 45.9. The highest BCUT2D eigenvalue weighted by molar-refractivity contribution is 7.89. The molecule has 2 aromatic rings. The van der Waals surface area contributed by atoms with Crippen molar-refractivity contribution in [2.75, 3.05) is 13.2 Å². The number of hydrogen-bond acceptors (Lipinski definition) is 4. The third-order valence-electron chi connectivity index (χ3n) is 3.86. The Hall–Kier alpha value is -2.16. The van der Waals surface area contributed by atoms with Crippen LogP contribution in [0.15, 0.2) is 47.4 Å². The average Bonchev–Trinajstić information content (AvgIpc) is 2.64. The number of carbonyl (C=O) groups excluding carboxylic acids is 1. The molecule has 0 aliphatic heterocycles. The Bertz CT molecular complexity index is 973. The Labute approximate surface area is 181 Å². The lowest BCUT2D eigenvalue weighted by Crippen LogP contribution is -2.40. The number of ether oxygens (including phenoxy) is 1. The summed E-state index contributed by atoms with van der Waals surface area (Å²) in [4.78, 5) is 12.2. The van der Waals surface area contributed by atoms with E-state index in [0.29, 0.717) is 31.7 Å². The van der Waals surface area contributed by atoms with Gasteiger partial charge in [0.15, 0.2) is 0 Å². The van der Waals surface area contributed by atoms with Gasteiger partial charge in [0.2, 0.25) is 10.0 Å². The van der Waals surface area contributed by atoms with Crippen molar-refractivity contribution in [2.24, 2.45) is 0 Å². The van der Waals surface area contributed by atoms with Crippen LogP contribution >= 0.6 is 11.6 Å². The van der Waals surface area contributed by atoms with Gasteiger partial charge in [-0.3, -0.25) is 4.79 Å². The fourth-order valence-corrected chi connectivity index (χ4v) is 4.51. The van der Waals surface area contributed by atoms with Gasteiger partial charge in [0.25, 0.3) is 5.91 Å². The molecule has 1 amide bonds. The minimum Gasteiger partial charge on any atom is -0.494 e. The maximum atomic E-state index is 12.8. The van der Waals surface area contributed by atoms with Gasteiger partial charge in [0.1, 0.15) is 16.5 Å². The number of halogens is 2. The summed E-state index contributed by atoms with van der Waals surface area (Å²) in [6.07, 6.45) is 1.35. The third kappa shape index (κ3) is 7.59. The third-order valence-corrected chi connectivity index (χ3v) is 6.10. The molecule has 0 atom stereocenters. The molecule has 9 heteroatoms. The molecule has 2 rings (SSSR count). The summed E-state index contributed by atoms with van der Waals surface area (Å²) in [5.74, 6) is -0.130. The number of hydrogen-bond donors (Lipinski definition) is 2. The first-order valence-electron chi connectivity index (χ1n) is 9.48. The normalized spacial score (nSPS) is 11.9. The Kier molecular flexibility index (Phi) is 8.23. The van der Waals surface area contributed by atoms with Crippen LogP contribution in [0.2, 0.25) is 5.02 Å². The first-order valence-corrected chi connectivity index (χ1v) is 11.3. The molecule has 0 aliphatic rings. The van der Waals surface area contributed by atoms with Gasteiger partial charge in [-0.1, -0.05) is 11.6 Å². The molecule has 0 unspecified atom stereocenters. The average molecular weight is 457 g/mol. The predicted octanol–water partition coefficient (Wildman–Crippen LogP) is 4.14. The van der Waals surface area contributed by atoms with Crippen molar-refractivity contribution in [1.82, 2.24) is 10.0 Å². The first-order chi connectivity index (χ1) is 14.0. The number of nitrogens with one attached hydrogen (secondary N) is 2. The summed E-state index contributed by atoms with van der Waals surface area (Å²) in [5.41, 5.74) is -0.479. The Morgan fingerprint density at radius 1 is 1.10 bits per heavy atom. The van der Waals surface area contributed by atoms with Crippen LogP contribution in [-0.4, -0.2) is 33.0 Å². The fourth-order valence-electron chi connectivity index (χ4n) is 2.56. The summed E-state index contributed by atoms with van der Waals surface area (Å²) in [6.45, 7) is 5.98. The Balaban J connectivity index is 1.86. The van der Waals surface area contributed by atoms with Crippen molar-refractivity contribution in [2.45, 2.75) is 44.0 Å². The van der Waals surface area contributed by atoms with Gasteiger partial charge < -0.3 is 10.1 Å². The highest BCUT2D eigenvalue weighted by Crippen LogP contribution is 2.24. The van der Waals surface area contributed by atoms with Crippen LogP contribution in [-0.2, 0) is 10.0 Å². The maximum absolute atomic E-state index is 12.8. The second kappa shape index (κ2) is 10.2. The van der Waals surface area contributed by atoms with E-state index in [1.165, 1.54) is 30.3 Å². The minimum atomic E-state index is -3.87. The molecule has 6 nitrogen and oxygen atoms in total. The number of amides is 1. The van der Waals surface area contributed by atoms with E-state index >= 15 is 0 Å². The van der Waals surface area contributed by atoms with E-state index in [1.54, 1.807) is 32.9 Å². The monoisotopic (exact) mass is 456 g/mol. The number of carbonyl (C=O) groups is 1. The molecule has 2 aromatic carbocycles. The number of sulfonamides is 1. The van der Waals surface area contributed by atoms with Gasteiger partial charge >= 0.3 is 0 Å². The molecule has 30 heavy (non-hydrogen) atoms. The second-order valence-electron chi connectivity index (χ2n) is 7.77. The van der Waals surface area contributed by atoms with Crippen molar-refractivity contribution < 1.29 is 22.3 Å². The largest absolute Gasteiger partial charge is 0.494 e. The van der Waals surface area contributed by atoms with E-state index in [1.807, 2.05) is 0 Å². The van der Waals surface area contributed by atoms with Crippen LogP contribution in [0.25, 0.3) is 0 Å². The molecule has 0 aliphatic carbocycles. The zero-order valence-corrected chi connectivity index (χ0v) is 18.7. The lowest BCUT2D eigenvalue weighted by atomic mass is 10.1. The molecule has 0 bridgehead atoms. The molecule has 0 spiro atoms. The van der Waals surface area contributed by atoms with Crippen molar-refractivity contribution in [3.05, 3.63) is 58.9 Å². The lowest BCUT2D eigenvalue weighted by molar-refractivity contribution is 0.0952. The van der Waals surface area contributed by atoms with Gasteiger partial charge in [0.05, 0.1) is 11.6 Å². The molecule has 0 heterocycles. The van der Waals surface area contributed by atoms with E-state index < -0.39 is 21.5 Å². The van der Waals surface area contributed by atoms with Crippen LogP contribution < -0.4 is 14.8 Å². The van der Waals surface area contributed by atoms with Crippen molar-refractivity contribution in [3.8, 4) is 5.75 Å². The Morgan fingerprint density at radius 2 is 1.77 bits per heavy atom. The molecule has 0 saturated heterocycles. The van der Waals surface area contributed by atoms with Crippen molar-refractivity contribution in [1.29, 1.82) is 0 Å². The van der Waals surface area contributed by atoms with Crippen LogP contribution in [0.5, 0.6) is 5.75 Å². The molecule has 164 valence electrons.